The highest BCUT2D eigenvalue weighted by Crippen LogP contribution is 2.21. The summed E-state index contributed by atoms with van der Waals surface area (Å²) >= 11 is 0. The van der Waals surface area contributed by atoms with E-state index in [0.29, 0.717) is 5.56 Å². The Morgan fingerprint density at radius 2 is 2.10 bits per heavy atom. The second-order valence-electron chi connectivity index (χ2n) is 4.25. The van der Waals surface area contributed by atoms with Crippen LogP contribution in [0.4, 0.5) is 13.2 Å². The Kier molecular flexibility index (Phi) is 6.69. The summed E-state index contributed by atoms with van der Waals surface area (Å²) in [6, 6.07) is 1.50. The fraction of sp³-hybridized carbons (Fsp3) is 0.429. The van der Waals surface area contributed by atoms with Crippen molar-refractivity contribution >= 4 is 5.91 Å². The predicted molar refractivity (Wildman–Crippen MR) is 70.4 cm³/mol. The number of unbranched alkanes of at least 4 members (excludes halogenated alkanes) is 1. The average molecular weight is 300 g/mol. The Bertz CT molecular complexity index is 533. The molecule has 1 aromatic heterocycles. The first kappa shape index (κ1) is 17.0. The molecule has 1 aromatic rings. The van der Waals surface area contributed by atoms with Crippen molar-refractivity contribution in [2.45, 2.75) is 25.4 Å². The third-order valence-electron chi connectivity index (χ3n) is 2.48. The molecular weight excluding hydrogens is 285 g/mol. The molecule has 0 aromatic carbocycles. The van der Waals surface area contributed by atoms with Crippen molar-refractivity contribution in [1.82, 2.24) is 10.3 Å². The smallest absolute Gasteiger partial charge is 0.384 e. The summed E-state index contributed by atoms with van der Waals surface area (Å²) in [6.45, 7) is -0.128. The lowest BCUT2D eigenvalue weighted by Crippen LogP contribution is -2.25. The van der Waals surface area contributed by atoms with E-state index in [9.17, 15) is 18.0 Å². The van der Waals surface area contributed by atoms with E-state index in [2.05, 4.69) is 22.1 Å². The van der Waals surface area contributed by atoms with E-state index in [1.807, 2.05) is 0 Å². The van der Waals surface area contributed by atoms with Gasteiger partial charge in [-0.15, -0.1) is 0 Å². The van der Waals surface area contributed by atoms with Crippen molar-refractivity contribution in [1.29, 1.82) is 0 Å². The Labute approximate surface area is 120 Å². The first-order chi connectivity index (χ1) is 9.92. The van der Waals surface area contributed by atoms with Gasteiger partial charge in [-0.05, 0) is 18.9 Å². The lowest BCUT2D eigenvalue weighted by Gasteiger charge is -2.07. The SMILES string of the molecule is O=C(NCCCCC(F)(F)F)c1cncc(C#CCO)c1. The minimum atomic E-state index is -4.16. The highest BCUT2D eigenvalue weighted by atomic mass is 19.4. The van der Waals surface area contributed by atoms with Gasteiger partial charge in [0.1, 0.15) is 6.61 Å². The van der Waals surface area contributed by atoms with Crippen molar-refractivity contribution in [3.63, 3.8) is 0 Å². The van der Waals surface area contributed by atoms with Crippen LogP contribution in [0.3, 0.4) is 0 Å². The lowest BCUT2D eigenvalue weighted by molar-refractivity contribution is -0.135. The number of hydrogen-bond acceptors (Lipinski definition) is 3. The zero-order valence-corrected chi connectivity index (χ0v) is 11.2. The van der Waals surface area contributed by atoms with Crippen LogP contribution in [0.2, 0.25) is 0 Å². The number of carbonyl (C=O) groups is 1. The minimum absolute atomic E-state index is 0.0238. The monoisotopic (exact) mass is 300 g/mol. The summed E-state index contributed by atoms with van der Waals surface area (Å²) in [7, 11) is 0. The number of rotatable bonds is 5. The Balaban J connectivity index is 2.42. The van der Waals surface area contributed by atoms with Gasteiger partial charge in [-0.2, -0.15) is 13.2 Å². The molecule has 0 saturated carbocycles. The fourth-order valence-electron chi connectivity index (χ4n) is 1.53. The fourth-order valence-corrected chi connectivity index (χ4v) is 1.53. The number of nitrogens with zero attached hydrogens (tertiary/aromatic N) is 1. The maximum Gasteiger partial charge on any atom is 0.389 e. The number of aliphatic hydroxyl groups is 1. The van der Waals surface area contributed by atoms with Crippen LogP contribution >= 0.6 is 0 Å². The molecule has 0 aliphatic heterocycles. The van der Waals surface area contributed by atoms with Crippen molar-refractivity contribution < 1.29 is 23.1 Å². The highest BCUT2D eigenvalue weighted by Gasteiger charge is 2.25. The first-order valence-electron chi connectivity index (χ1n) is 6.32. The van der Waals surface area contributed by atoms with E-state index in [-0.39, 0.29) is 31.6 Å². The molecule has 0 aliphatic rings. The summed E-state index contributed by atoms with van der Waals surface area (Å²) in [5.41, 5.74) is 0.754. The molecule has 21 heavy (non-hydrogen) atoms. The molecular formula is C14H15F3N2O2. The summed E-state index contributed by atoms with van der Waals surface area (Å²) < 4.78 is 35.8. The van der Waals surface area contributed by atoms with Gasteiger partial charge in [0, 0.05) is 30.9 Å². The molecule has 0 bridgehead atoms. The molecule has 1 rings (SSSR count). The van der Waals surface area contributed by atoms with E-state index in [1.54, 1.807) is 0 Å². The maximum atomic E-state index is 11.9. The van der Waals surface area contributed by atoms with E-state index in [1.165, 1.54) is 18.5 Å². The highest BCUT2D eigenvalue weighted by molar-refractivity contribution is 5.94. The van der Waals surface area contributed by atoms with Gasteiger partial charge in [0.2, 0.25) is 0 Å². The summed E-state index contributed by atoms with van der Waals surface area (Å²) in [4.78, 5) is 15.6. The zero-order valence-electron chi connectivity index (χ0n) is 11.2. The van der Waals surface area contributed by atoms with Gasteiger partial charge in [0.05, 0.1) is 5.56 Å². The molecule has 0 atom stereocenters. The van der Waals surface area contributed by atoms with Crippen LogP contribution in [0.25, 0.3) is 0 Å². The number of halogens is 3. The Morgan fingerprint density at radius 3 is 2.76 bits per heavy atom. The molecule has 1 amide bonds. The van der Waals surface area contributed by atoms with Gasteiger partial charge >= 0.3 is 6.18 Å². The first-order valence-corrected chi connectivity index (χ1v) is 6.32. The molecule has 0 radical (unpaired) electrons. The largest absolute Gasteiger partial charge is 0.389 e. The van der Waals surface area contributed by atoms with Crippen molar-refractivity contribution in [2.75, 3.05) is 13.2 Å². The van der Waals surface area contributed by atoms with E-state index >= 15 is 0 Å². The topological polar surface area (TPSA) is 62.2 Å². The number of pyridine rings is 1. The summed E-state index contributed by atoms with van der Waals surface area (Å²) in [6.07, 6.45) is -1.99. The predicted octanol–water partition coefficient (Wildman–Crippen LogP) is 1.89. The van der Waals surface area contributed by atoms with Crippen LogP contribution in [0, 0.1) is 11.8 Å². The number of amides is 1. The molecule has 0 unspecified atom stereocenters. The normalized spacial score (nSPS) is 10.7. The van der Waals surface area contributed by atoms with Crippen molar-refractivity contribution in [3.05, 3.63) is 29.6 Å². The molecule has 4 nitrogen and oxygen atoms in total. The van der Waals surface area contributed by atoms with Gasteiger partial charge in [0.15, 0.2) is 0 Å². The van der Waals surface area contributed by atoms with Crippen LogP contribution in [0.1, 0.15) is 35.2 Å². The standard InChI is InChI=1S/C14H15F3N2O2/c15-14(16,17)5-1-2-6-19-13(21)12-8-11(4-3-7-20)9-18-10-12/h8-10,20H,1-2,5-7H2,(H,19,21). The Morgan fingerprint density at radius 1 is 1.33 bits per heavy atom. The Hall–Kier alpha value is -2.07. The van der Waals surface area contributed by atoms with Gasteiger partial charge < -0.3 is 10.4 Å². The van der Waals surface area contributed by atoms with Crippen LogP contribution < -0.4 is 5.32 Å². The van der Waals surface area contributed by atoms with E-state index in [0.717, 1.165) is 0 Å². The van der Waals surface area contributed by atoms with Crippen molar-refractivity contribution in [3.8, 4) is 11.8 Å². The lowest BCUT2D eigenvalue weighted by atomic mass is 10.2. The summed E-state index contributed by atoms with van der Waals surface area (Å²) in [5.74, 6) is 4.63. The van der Waals surface area contributed by atoms with Crippen molar-refractivity contribution in [2.24, 2.45) is 0 Å². The zero-order chi connectivity index (χ0) is 15.7. The number of aliphatic hydroxyl groups excluding tert-OH is 1. The minimum Gasteiger partial charge on any atom is -0.384 e. The molecule has 0 aliphatic carbocycles. The number of hydrogen-bond donors (Lipinski definition) is 2. The second-order valence-corrected chi connectivity index (χ2v) is 4.25. The second kappa shape index (κ2) is 8.27. The molecule has 0 fully saturated rings. The average Bonchev–Trinajstić information content (AvgIpc) is 2.43. The molecule has 7 heteroatoms. The molecule has 0 spiro atoms. The van der Waals surface area contributed by atoms with E-state index < -0.39 is 18.5 Å². The van der Waals surface area contributed by atoms with Crippen LogP contribution in [-0.4, -0.2) is 35.3 Å². The van der Waals surface area contributed by atoms with Crippen LogP contribution in [-0.2, 0) is 0 Å². The van der Waals surface area contributed by atoms with Gasteiger partial charge in [-0.1, -0.05) is 11.8 Å². The molecule has 114 valence electrons. The molecule has 2 N–H and O–H groups in total. The van der Waals surface area contributed by atoms with Gasteiger partial charge in [-0.25, -0.2) is 0 Å². The number of carbonyl (C=O) groups excluding carboxylic acids is 1. The van der Waals surface area contributed by atoms with Gasteiger partial charge in [0.25, 0.3) is 5.91 Å². The van der Waals surface area contributed by atoms with Crippen LogP contribution in [0.5, 0.6) is 0 Å². The summed E-state index contributed by atoms with van der Waals surface area (Å²) in [5, 5.41) is 11.1. The number of alkyl halides is 3. The molecule has 0 saturated heterocycles. The van der Waals surface area contributed by atoms with E-state index in [4.69, 9.17) is 5.11 Å². The van der Waals surface area contributed by atoms with Crippen LogP contribution in [0.15, 0.2) is 18.5 Å². The quantitative estimate of drug-likeness (QED) is 0.645. The maximum absolute atomic E-state index is 11.9. The number of nitrogens with one attached hydrogen (secondary N) is 1. The third-order valence-corrected chi connectivity index (χ3v) is 2.48. The third kappa shape index (κ3) is 7.32. The number of aromatic nitrogens is 1. The van der Waals surface area contributed by atoms with Gasteiger partial charge in [-0.3, -0.25) is 9.78 Å². The molecule has 1 heterocycles.